The van der Waals surface area contributed by atoms with E-state index >= 15 is 0 Å². The van der Waals surface area contributed by atoms with E-state index in [-0.39, 0.29) is 34.8 Å². The molecule has 2 unspecified atom stereocenters. The van der Waals surface area contributed by atoms with Crippen molar-refractivity contribution < 1.29 is 38.1 Å². The first-order valence-electron chi connectivity index (χ1n) is 10.9. The molecule has 0 radical (unpaired) electrons. The van der Waals surface area contributed by atoms with Gasteiger partial charge in [-0.2, -0.15) is 0 Å². The van der Waals surface area contributed by atoms with Crippen molar-refractivity contribution >= 4 is 23.9 Å². The second-order valence-corrected chi connectivity index (χ2v) is 7.79. The van der Waals surface area contributed by atoms with Crippen molar-refractivity contribution in [3.63, 3.8) is 0 Å². The highest BCUT2D eigenvalue weighted by Crippen LogP contribution is 2.56. The Labute approximate surface area is 208 Å². The predicted molar refractivity (Wildman–Crippen MR) is 132 cm³/mol. The van der Waals surface area contributed by atoms with Gasteiger partial charge in [-0.05, 0) is 35.1 Å². The van der Waals surface area contributed by atoms with E-state index in [1.54, 1.807) is 12.1 Å². The summed E-state index contributed by atoms with van der Waals surface area (Å²) in [4.78, 5) is 48.2. The second kappa shape index (κ2) is 10.7. The van der Waals surface area contributed by atoms with Crippen molar-refractivity contribution in [1.82, 2.24) is 0 Å². The van der Waals surface area contributed by atoms with E-state index in [0.717, 1.165) is 24.3 Å². The molecule has 0 aromatic heterocycles. The molecule has 0 spiro atoms. The van der Waals surface area contributed by atoms with Crippen LogP contribution in [-0.4, -0.2) is 23.9 Å². The highest BCUT2D eigenvalue weighted by molar-refractivity contribution is 5.91. The van der Waals surface area contributed by atoms with Crippen LogP contribution in [0.5, 0.6) is 23.0 Å². The Morgan fingerprint density at radius 1 is 0.583 bits per heavy atom. The lowest BCUT2D eigenvalue weighted by atomic mass is 9.72. The van der Waals surface area contributed by atoms with Crippen LogP contribution in [0.15, 0.2) is 74.9 Å². The van der Waals surface area contributed by atoms with Gasteiger partial charge < -0.3 is 18.9 Å². The molecular formula is C28H24O8. The Morgan fingerprint density at radius 3 is 1.19 bits per heavy atom. The molecule has 8 heteroatoms. The van der Waals surface area contributed by atoms with E-state index in [9.17, 15) is 19.2 Å². The van der Waals surface area contributed by atoms with Crippen LogP contribution in [0.1, 0.15) is 36.8 Å². The summed E-state index contributed by atoms with van der Waals surface area (Å²) < 4.78 is 21.7. The minimum atomic E-state index is -0.739. The molecule has 0 heterocycles. The van der Waals surface area contributed by atoms with Crippen molar-refractivity contribution in [2.45, 2.75) is 25.7 Å². The van der Waals surface area contributed by atoms with Crippen molar-refractivity contribution in [2.24, 2.45) is 0 Å². The minimum Gasteiger partial charge on any atom is -0.419 e. The van der Waals surface area contributed by atoms with Gasteiger partial charge in [0.15, 0.2) is 23.0 Å². The molecule has 0 N–H and O–H groups in total. The fourth-order valence-electron chi connectivity index (χ4n) is 3.99. The van der Waals surface area contributed by atoms with Gasteiger partial charge >= 0.3 is 23.9 Å². The first-order valence-corrected chi connectivity index (χ1v) is 10.9. The molecular weight excluding hydrogens is 464 g/mol. The topological polar surface area (TPSA) is 105 Å². The first kappa shape index (κ1) is 25.9. The normalized spacial score (nSPS) is 15.3. The number of carbonyl (C=O) groups is 4. The van der Waals surface area contributed by atoms with Gasteiger partial charge in [0.2, 0.25) is 0 Å². The van der Waals surface area contributed by atoms with E-state index in [2.05, 4.69) is 26.3 Å². The summed E-state index contributed by atoms with van der Waals surface area (Å²) in [6.45, 7) is 17.4. The number of hydrogen-bond acceptors (Lipinski definition) is 8. The lowest BCUT2D eigenvalue weighted by molar-refractivity contribution is -0.131. The third-order valence-corrected chi connectivity index (χ3v) is 5.76. The van der Waals surface area contributed by atoms with Crippen molar-refractivity contribution in [1.29, 1.82) is 0 Å². The molecule has 0 saturated carbocycles. The van der Waals surface area contributed by atoms with Gasteiger partial charge in [0.1, 0.15) is 0 Å². The molecule has 2 aromatic carbocycles. The summed E-state index contributed by atoms with van der Waals surface area (Å²) in [5.41, 5.74) is 2.46. The molecule has 1 aliphatic rings. The van der Waals surface area contributed by atoms with E-state index in [1.165, 1.54) is 12.1 Å². The number of carbonyl (C=O) groups excluding carboxylic acids is 4. The number of esters is 4. The molecule has 2 atom stereocenters. The SMILES string of the molecule is C=CC(=O)Oc1ccc2c(c1OC(=O)C=C)C(C)C(C)c1c-2ccc(OC(=O)C=C)c1OC(=O)C=C. The maximum absolute atomic E-state index is 12.2. The van der Waals surface area contributed by atoms with E-state index in [4.69, 9.17) is 18.9 Å². The highest BCUT2D eigenvalue weighted by atomic mass is 16.6. The van der Waals surface area contributed by atoms with Crippen LogP contribution in [0.3, 0.4) is 0 Å². The van der Waals surface area contributed by atoms with Crippen molar-refractivity contribution in [2.75, 3.05) is 0 Å². The lowest BCUT2D eigenvalue weighted by Gasteiger charge is -2.34. The second-order valence-electron chi connectivity index (χ2n) is 7.79. The molecule has 2 aromatic rings. The number of fused-ring (bicyclic) bond motifs is 3. The lowest BCUT2D eigenvalue weighted by Crippen LogP contribution is -2.20. The minimum absolute atomic E-state index is 0.0335. The van der Waals surface area contributed by atoms with Crippen LogP contribution in [-0.2, 0) is 19.2 Å². The summed E-state index contributed by atoms with van der Waals surface area (Å²) in [6.07, 6.45) is 3.98. The van der Waals surface area contributed by atoms with E-state index < -0.39 is 23.9 Å². The smallest absolute Gasteiger partial charge is 0.335 e. The molecule has 0 aliphatic heterocycles. The third-order valence-electron chi connectivity index (χ3n) is 5.76. The van der Waals surface area contributed by atoms with Crippen LogP contribution >= 0.6 is 0 Å². The fourth-order valence-corrected chi connectivity index (χ4v) is 3.99. The van der Waals surface area contributed by atoms with Gasteiger partial charge in [-0.25, -0.2) is 19.2 Å². The third kappa shape index (κ3) is 4.88. The van der Waals surface area contributed by atoms with Gasteiger partial charge in [-0.1, -0.05) is 52.3 Å². The molecule has 0 fully saturated rings. The maximum atomic E-state index is 12.2. The molecule has 0 bridgehead atoms. The molecule has 184 valence electrons. The zero-order chi connectivity index (χ0) is 26.6. The molecule has 36 heavy (non-hydrogen) atoms. The Kier molecular flexibility index (Phi) is 7.69. The number of hydrogen-bond donors (Lipinski definition) is 0. The average molecular weight is 488 g/mol. The Hall–Kier alpha value is -4.72. The molecule has 0 saturated heterocycles. The van der Waals surface area contributed by atoms with Crippen LogP contribution < -0.4 is 18.9 Å². The van der Waals surface area contributed by atoms with Gasteiger partial charge in [0.25, 0.3) is 0 Å². The molecule has 0 amide bonds. The molecule has 1 aliphatic carbocycles. The summed E-state index contributed by atoms with van der Waals surface area (Å²) in [5, 5.41) is 0. The number of ether oxygens (including phenoxy) is 4. The Bertz CT molecular complexity index is 1220. The Balaban J connectivity index is 2.33. The molecule has 8 nitrogen and oxygen atoms in total. The first-order chi connectivity index (χ1) is 17.2. The Morgan fingerprint density at radius 2 is 0.889 bits per heavy atom. The van der Waals surface area contributed by atoms with Gasteiger partial charge in [0, 0.05) is 35.4 Å². The predicted octanol–water partition coefficient (Wildman–Crippen LogP) is 4.94. The number of rotatable bonds is 8. The summed E-state index contributed by atoms with van der Waals surface area (Å²) in [6, 6.07) is 6.36. The summed E-state index contributed by atoms with van der Waals surface area (Å²) >= 11 is 0. The van der Waals surface area contributed by atoms with Gasteiger partial charge in [-0.3, -0.25) is 0 Å². The van der Waals surface area contributed by atoms with Crippen molar-refractivity contribution in [3.8, 4) is 34.1 Å². The zero-order valence-corrected chi connectivity index (χ0v) is 19.9. The van der Waals surface area contributed by atoms with Crippen LogP contribution in [0, 0.1) is 0 Å². The van der Waals surface area contributed by atoms with Crippen LogP contribution in [0.2, 0.25) is 0 Å². The monoisotopic (exact) mass is 488 g/mol. The standard InChI is InChI=1S/C28H24O8/c1-7-21(29)33-19-13-11-17-18-12-14-20(34-22(30)8-2)28(36-24(32)10-4)26(18)16(6)15(5)25(17)27(19)35-23(31)9-3/h7-16H,1-4H2,5-6H3. The summed E-state index contributed by atoms with van der Waals surface area (Å²) in [5.74, 6) is -3.42. The van der Waals surface area contributed by atoms with Crippen molar-refractivity contribution in [3.05, 3.63) is 86.0 Å². The van der Waals surface area contributed by atoms with Crippen LogP contribution in [0.4, 0.5) is 0 Å². The number of benzene rings is 2. The van der Waals surface area contributed by atoms with E-state index in [0.29, 0.717) is 22.3 Å². The van der Waals surface area contributed by atoms with Crippen LogP contribution in [0.25, 0.3) is 11.1 Å². The van der Waals surface area contributed by atoms with Gasteiger partial charge in [0.05, 0.1) is 0 Å². The van der Waals surface area contributed by atoms with Gasteiger partial charge in [-0.15, -0.1) is 0 Å². The zero-order valence-electron chi connectivity index (χ0n) is 19.9. The molecule has 3 rings (SSSR count). The highest BCUT2D eigenvalue weighted by Gasteiger charge is 2.37. The summed E-state index contributed by atoms with van der Waals surface area (Å²) in [7, 11) is 0. The fraction of sp³-hybridized carbons (Fsp3) is 0.143. The quantitative estimate of drug-likeness (QED) is 0.292. The largest absolute Gasteiger partial charge is 0.419 e. The maximum Gasteiger partial charge on any atom is 0.335 e. The van der Waals surface area contributed by atoms with E-state index in [1.807, 2.05) is 13.8 Å². The average Bonchev–Trinajstić information content (AvgIpc) is 2.88.